The normalized spacial score (nSPS) is 11.2. The van der Waals surface area contributed by atoms with Gasteiger partial charge in [0.15, 0.2) is 28.8 Å². The molecule has 14 heteroatoms. The number of hydrogen-bond acceptors (Lipinski definition) is 5. The molecule has 0 aliphatic heterocycles. The van der Waals surface area contributed by atoms with Gasteiger partial charge >= 0.3 is 12.7 Å². The molecule has 0 heterocycles. The number of carbonyl (C=O) groups excluding carboxylic acids is 1. The molecule has 0 aliphatic carbocycles. The monoisotopic (exact) mass is 660 g/mol. The van der Waals surface area contributed by atoms with E-state index in [-0.39, 0.29) is 27.3 Å². The third kappa shape index (κ3) is 9.06. The molecule has 178 valence electrons. The largest absolute Gasteiger partial charge is 0.573 e. The highest BCUT2D eigenvalue weighted by atomic mass is 79.9. The SMILES string of the molecule is COc1c(Br)cc(Br)cc1OC(F)(F)F.COc1c(Br)cc(C(C)=O)cc1OC(F)(F)F. The predicted molar refractivity (Wildman–Crippen MR) is 112 cm³/mol. The average Bonchev–Trinajstić information content (AvgIpc) is 2.58. The number of rotatable bonds is 5. The lowest BCUT2D eigenvalue weighted by Gasteiger charge is -2.14. The molecule has 0 saturated carbocycles. The topological polar surface area (TPSA) is 54.0 Å². The van der Waals surface area contributed by atoms with E-state index >= 15 is 0 Å². The van der Waals surface area contributed by atoms with Gasteiger partial charge in [-0.15, -0.1) is 26.3 Å². The minimum Gasteiger partial charge on any atom is -0.492 e. The Balaban J connectivity index is 0.000000323. The number of ether oxygens (including phenoxy) is 4. The molecule has 0 radical (unpaired) electrons. The van der Waals surface area contributed by atoms with Crippen LogP contribution in [0.4, 0.5) is 26.3 Å². The predicted octanol–water partition coefficient (Wildman–Crippen LogP) is 7.68. The third-order valence-electron chi connectivity index (χ3n) is 3.25. The first-order chi connectivity index (χ1) is 14.6. The van der Waals surface area contributed by atoms with Gasteiger partial charge in [0.05, 0.1) is 23.2 Å². The van der Waals surface area contributed by atoms with Crippen molar-refractivity contribution in [3.8, 4) is 23.0 Å². The molecule has 0 atom stereocenters. The quantitative estimate of drug-likeness (QED) is 0.243. The zero-order chi connectivity index (χ0) is 24.9. The molecule has 0 N–H and O–H groups in total. The summed E-state index contributed by atoms with van der Waals surface area (Å²) in [6.07, 6.45) is -9.59. The van der Waals surface area contributed by atoms with Crippen LogP contribution >= 0.6 is 47.8 Å². The highest BCUT2D eigenvalue weighted by molar-refractivity contribution is 9.11. The van der Waals surface area contributed by atoms with Crippen molar-refractivity contribution in [3.63, 3.8) is 0 Å². The third-order valence-corrected chi connectivity index (χ3v) is 4.89. The lowest BCUT2D eigenvalue weighted by molar-refractivity contribution is -0.276. The molecule has 2 aromatic carbocycles. The van der Waals surface area contributed by atoms with Crippen LogP contribution in [0.1, 0.15) is 17.3 Å². The lowest BCUT2D eigenvalue weighted by atomic mass is 10.1. The Kier molecular flexibility index (Phi) is 10.2. The Bertz CT molecular complexity index is 964. The van der Waals surface area contributed by atoms with Crippen LogP contribution in [-0.2, 0) is 0 Å². The van der Waals surface area contributed by atoms with E-state index in [1.54, 1.807) is 6.07 Å². The zero-order valence-electron chi connectivity index (χ0n) is 16.3. The summed E-state index contributed by atoms with van der Waals surface area (Å²) >= 11 is 9.12. The summed E-state index contributed by atoms with van der Waals surface area (Å²) < 4.78 is 90.7. The Morgan fingerprint density at radius 2 is 1.16 bits per heavy atom. The lowest BCUT2D eigenvalue weighted by Crippen LogP contribution is -2.18. The smallest absolute Gasteiger partial charge is 0.492 e. The summed E-state index contributed by atoms with van der Waals surface area (Å²) in [6, 6.07) is 5.09. The van der Waals surface area contributed by atoms with Gasteiger partial charge in [0.1, 0.15) is 0 Å². The van der Waals surface area contributed by atoms with Crippen molar-refractivity contribution in [2.24, 2.45) is 0 Å². The molecule has 0 fully saturated rings. The maximum Gasteiger partial charge on any atom is 0.573 e. The number of benzene rings is 2. The highest BCUT2D eigenvalue weighted by Crippen LogP contribution is 2.41. The summed E-state index contributed by atoms with van der Waals surface area (Å²) in [6.45, 7) is 1.24. The van der Waals surface area contributed by atoms with Crippen molar-refractivity contribution in [3.05, 3.63) is 43.2 Å². The van der Waals surface area contributed by atoms with Gasteiger partial charge in [0, 0.05) is 10.0 Å². The number of halogens is 9. The van der Waals surface area contributed by atoms with Gasteiger partial charge in [-0.2, -0.15) is 0 Å². The van der Waals surface area contributed by atoms with Gasteiger partial charge in [0.25, 0.3) is 0 Å². The van der Waals surface area contributed by atoms with E-state index in [9.17, 15) is 31.1 Å². The first-order valence-electron chi connectivity index (χ1n) is 8.01. The fraction of sp³-hybridized carbons (Fsp3) is 0.278. The standard InChI is InChI=1S/C10H8BrF3O3.C8H5Br2F3O2/c1-5(15)6-3-7(11)9(16-2)8(4-6)17-10(12,13)14;1-14-7-5(10)2-4(9)3-6(7)15-8(11,12)13/h3-4H,1-2H3;2-3H,1H3. The Morgan fingerprint density at radius 1 is 0.750 bits per heavy atom. The minimum atomic E-state index is -4.85. The second kappa shape index (κ2) is 11.5. The molecule has 32 heavy (non-hydrogen) atoms. The van der Waals surface area contributed by atoms with Gasteiger partial charge in [0.2, 0.25) is 0 Å². The summed E-state index contributed by atoms with van der Waals surface area (Å²) in [5.74, 6) is -1.45. The Morgan fingerprint density at radius 3 is 1.53 bits per heavy atom. The molecule has 0 aromatic heterocycles. The molecule has 0 bridgehead atoms. The Hall–Kier alpha value is -1.67. The first kappa shape index (κ1) is 28.4. The number of methoxy groups -OCH3 is 2. The molecule has 2 rings (SSSR count). The molecular formula is C18H13Br3F6O5. The number of ketones is 1. The fourth-order valence-corrected chi connectivity index (χ4v) is 4.06. The summed E-state index contributed by atoms with van der Waals surface area (Å²) in [4.78, 5) is 11.1. The number of hydrogen-bond donors (Lipinski definition) is 0. The van der Waals surface area contributed by atoms with Crippen LogP contribution in [0.25, 0.3) is 0 Å². The molecule has 0 unspecified atom stereocenters. The van der Waals surface area contributed by atoms with E-state index < -0.39 is 24.2 Å². The summed E-state index contributed by atoms with van der Waals surface area (Å²) in [5.41, 5.74) is 0.0944. The van der Waals surface area contributed by atoms with Crippen molar-refractivity contribution in [2.45, 2.75) is 19.6 Å². The number of Topliss-reactive ketones (excluding diaryl/α,β-unsaturated/α-hetero) is 1. The van der Waals surface area contributed by atoms with Crippen LogP contribution in [0.5, 0.6) is 23.0 Å². The van der Waals surface area contributed by atoms with Crippen molar-refractivity contribution >= 4 is 53.6 Å². The van der Waals surface area contributed by atoms with E-state index in [0.717, 1.165) is 6.07 Å². The van der Waals surface area contributed by atoms with E-state index in [2.05, 4.69) is 57.3 Å². The zero-order valence-corrected chi connectivity index (χ0v) is 21.0. The van der Waals surface area contributed by atoms with Gasteiger partial charge in [-0.3, -0.25) is 4.79 Å². The summed E-state index contributed by atoms with van der Waals surface area (Å²) in [7, 11) is 2.47. The van der Waals surface area contributed by atoms with Crippen LogP contribution in [0.2, 0.25) is 0 Å². The maximum absolute atomic E-state index is 12.1. The fourth-order valence-electron chi connectivity index (χ4n) is 2.11. The molecule has 0 aliphatic rings. The molecule has 0 amide bonds. The van der Waals surface area contributed by atoms with Crippen LogP contribution in [-0.4, -0.2) is 32.7 Å². The van der Waals surface area contributed by atoms with Gasteiger partial charge in [-0.05, 0) is 63.0 Å². The highest BCUT2D eigenvalue weighted by Gasteiger charge is 2.34. The van der Waals surface area contributed by atoms with E-state index in [4.69, 9.17) is 9.47 Å². The van der Waals surface area contributed by atoms with Crippen LogP contribution < -0.4 is 18.9 Å². The van der Waals surface area contributed by atoms with E-state index in [1.807, 2.05) is 0 Å². The second-order valence-electron chi connectivity index (χ2n) is 5.56. The Labute approximate surface area is 203 Å². The molecule has 2 aromatic rings. The number of alkyl halides is 6. The van der Waals surface area contributed by atoms with Crippen LogP contribution in [0, 0.1) is 0 Å². The molecule has 5 nitrogen and oxygen atoms in total. The molecular weight excluding hydrogens is 650 g/mol. The molecule has 0 saturated heterocycles. The first-order valence-corrected chi connectivity index (χ1v) is 10.4. The van der Waals surface area contributed by atoms with E-state index in [1.165, 1.54) is 33.3 Å². The number of carbonyl (C=O) groups is 1. The van der Waals surface area contributed by atoms with Crippen molar-refractivity contribution < 1.29 is 50.1 Å². The summed E-state index contributed by atoms with van der Waals surface area (Å²) in [5, 5.41) is 0. The van der Waals surface area contributed by atoms with Gasteiger partial charge < -0.3 is 18.9 Å². The van der Waals surface area contributed by atoms with Crippen LogP contribution in [0.3, 0.4) is 0 Å². The molecule has 0 spiro atoms. The van der Waals surface area contributed by atoms with Crippen molar-refractivity contribution in [2.75, 3.05) is 14.2 Å². The van der Waals surface area contributed by atoms with Crippen molar-refractivity contribution in [1.29, 1.82) is 0 Å². The van der Waals surface area contributed by atoms with E-state index in [0.29, 0.717) is 8.95 Å². The second-order valence-corrected chi connectivity index (χ2v) is 8.18. The van der Waals surface area contributed by atoms with Gasteiger partial charge in [-0.1, -0.05) is 15.9 Å². The maximum atomic E-state index is 12.1. The van der Waals surface area contributed by atoms with Crippen molar-refractivity contribution in [1.82, 2.24) is 0 Å². The minimum absolute atomic E-state index is 0.00414. The van der Waals surface area contributed by atoms with Crippen LogP contribution in [0.15, 0.2) is 37.7 Å². The van der Waals surface area contributed by atoms with Gasteiger partial charge in [-0.25, -0.2) is 0 Å². The average molecular weight is 663 g/mol.